The van der Waals surface area contributed by atoms with Crippen LogP contribution in [0.2, 0.25) is 0 Å². The van der Waals surface area contributed by atoms with Crippen molar-refractivity contribution in [2.45, 2.75) is 52.1 Å². The lowest BCUT2D eigenvalue weighted by atomic mass is 9.69. The van der Waals surface area contributed by atoms with E-state index < -0.39 is 35.5 Å². The monoisotopic (exact) mass is 350 g/mol. The van der Waals surface area contributed by atoms with E-state index in [4.69, 9.17) is 14.2 Å². The van der Waals surface area contributed by atoms with Crippen molar-refractivity contribution in [3.05, 3.63) is 34.8 Å². The van der Waals surface area contributed by atoms with Gasteiger partial charge in [-0.15, -0.1) is 0 Å². The van der Waals surface area contributed by atoms with Gasteiger partial charge >= 0.3 is 5.97 Å². The van der Waals surface area contributed by atoms with E-state index in [1.165, 1.54) is 0 Å². The molecule has 1 spiro atoms. The van der Waals surface area contributed by atoms with Gasteiger partial charge in [0.2, 0.25) is 17.3 Å². The van der Waals surface area contributed by atoms with Gasteiger partial charge in [-0.3, -0.25) is 4.79 Å². The van der Waals surface area contributed by atoms with E-state index in [1.54, 1.807) is 6.92 Å². The van der Waals surface area contributed by atoms with Crippen molar-refractivity contribution in [3.8, 4) is 0 Å². The molecule has 3 aliphatic rings. The maximum Gasteiger partial charge on any atom is 0.377 e. The first kappa shape index (κ1) is 17.7. The fraction of sp³-hybridized carbons (Fsp3) is 0.556. The number of esters is 1. The standard InChI is InChI=1S/C18H22O7/c1-5-6-10-9(2)15(21)18(8-17(10,3)4)23-7-11(25-18)14-12(19)13(20)16(22)24-14/h5-6,11,14,19-20H,7-8H2,1-4H3/b6-5-/t11?,14-,18?/m1/s1. The van der Waals surface area contributed by atoms with Crippen LogP contribution in [0.1, 0.15) is 34.1 Å². The molecule has 0 aromatic heterocycles. The van der Waals surface area contributed by atoms with Gasteiger partial charge in [-0.25, -0.2) is 4.79 Å². The van der Waals surface area contributed by atoms with Crippen LogP contribution in [0.4, 0.5) is 0 Å². The van der Waals surface area contributed by atoms with E-state index in [1.807, 2.05) is 32.9 Å². The van der Waals surface area contributed by atoms with Crippen molar-refractivity contribution in [2.24, 2.45) is 5.41 Å². The third kappa shape index (κ3) is 2.58. The quantitative estimate of drug-likeness (QED) is 0.736. The number of hydrogen-bond donors (Lipinski definition) is 2. The highest BCUT2D eigenvalue weighted by atomic mass is 16.8. The number of Topliss-reactive ketones (excluding diaryl/α,β-unsaturated/α-hetero) is 1. The molecule has 1 aliphatic carbocycles. The molecule has 1 saturated heterocycles. The van der Waals surface area contributed by atoms with Crippen LogP contribution in [0.5, 0.6) is 0 Å². The van der Waals surface area contributed by atoms with Crippen LogP contribution in [0.25, 0.3) is 0 Å². The zero-order valence-corrected chi connectivity index (χ0v) is 14.7. The zero-order valence-electron chi connectivity index (χ0n) is 14.7. The number of allylic oxidation sites excluding steroid dienone is 3. The number of aliphatic hydroxyl groups excluding tert-OH is 2. The first-order valence-corrected chi connectivity index (χ1v) is 8.16. The van der Waals surface area contributed by atoms with Crippen molar-refractivity contribution >= 4 is 11.8 Å². The number of ether oxygens (including phenoxy) is 3. The summed E-state index contributed by atoms with van der Waals surface area (Å²) in [7, 11) is 0. The fourth-order valence-corrected chi connectivity index (χ4v) is 3.80. The molecule has 2 N–H and O–H groups in total. The van der Waals surface area contributed by atoms with Gasteiger partial charge < -0.3 is 24.4 Å². The van der Waals surface area contributed by atoms with E-state index >= 15 is 0 Å². The van der Waals surface area contributed by atoms with Crippen LogP contribution >= 0.6 is 0 Å². The summed E-state index contributed by atoms with van der Waals surface area (Å²) < 4.78 is 16.5. The van der Waals surface area contributed by atoms with Gasteiger partial charge in [0.15, 0.2) is 11.9 Å². The predicted molar refractivity (Wildman–Crippen MR) is 86.6 cm³/mol. The Hall–Kier alpha value is -2.12. The molecule has 1 fully saturated rings. The third-order valence-corrected chi connectivity index (χ3v) is 4.93. The normalized spacial score (nSPS) is 35.4. The molecule has 0 bridgehead atoms. The van der Waals surface area contributed by atoms with Gasteiger partial charge in [-0.1, -0.05) is 26.0 Å². The van der Waals surface area contributed by atoms with Crippen LogP contribution in [-0.4, -0.2) is 46.6 Å². The average Bonchev–Trinajstić information content (AvgIpc) is 3.07. The Morgan fingerprint density at radius 3 is 2.48 bits per heavy atom. The molecular weight excluding hydrogens is 328 g/mol. The zero-order chi connectivity index (χ0) is 18.6. The number of carbonyl (C=O) groups excluding carboxylic acids is 2. The fourth-order valence-electron chi connectivity index (χ4n) is 3.80. The summed E-state index contributed by atoms with van der Waals surface area (Å²) >= 11 is 0. The molecule has 3 rings (SSSR count). The summed E-state index contributed by atoms with van der Waals surface area (Å²) in [5, 5.41) is 19.3. The molecule has 0 aromatic carbocycles. The number of rotatable bonds is 2. The largest absolute Gasteiger partial charge is 0.505 e. The molecular formula is C18H22O7. The Balaban J connectivity index is 1.90. The molecule has 25 heavy (non-hydrogen) atoms. The van der Waals surface area contributed by atoms with Crippen LogP contribution < -0.4 is 0 Å². The van der Waals surface area contributed by atoms with Gasteiger partial charge in [-0.05, 0) is 24.8 Å². The van der Waals surface area contributed by atoms with Gasteiger partial charge in [0, 0.05) is 12.0 Å². The number of cyclic esters (lactones) is 1. The van der Waals surface area contributed by atoms with Crippen LogP contribution in [0, 0.1) is 5.41 Å². The molecule has 0 saturated carbocycles. The Labute approximate surface area is 145 Å². The lowest BCUT2D eigenvalue weighted by molar-refractivity contribution is -0.199. The first-order valence-electron chi connectivity index (χ1n) is 8.16. The smallest absolute Gasteiger partial charge is 0.377 e. The molecule has 2 unspecified atom stereocenters. The molecule has 3 atom stereocenters. The minimum atomic E-state index is -1.48. The summed E-state index contributed by atoms with van der Waals surface area (Å²) in [4.78, 5) is 24.3. The van der Waals surface area contributed by atoms with Crippen molar-refractivity contribution in [1.29, 1.82) is 0 Å². The molecule has 0 amide bonds. The highest BCUT2D eigenvalue weighted by molar-refractivity contribution is 6.03. The molecule has 0 aromatic rings. The Morgan fingerprint density at radius 2 is 1.92 bits per heavy atom. The van der Waals surface area contributed by atoms with Crippen molar-refractivity contribution in [3.63, 3.8) is 0 Å². The third-order valence-electron chi connectivity index (χ3n) is 4.93. The second-order valence-corrected chi connectivity index (χ2v) is 7.21. The van der Waals surface area contributed by atoms with E-state index in [-0.39, 0.29) is 17.8 Å². The van der Waals surface area contributed by atoms with Crippen LogP contribution in [-0.2, 0) is 23.8 Å². The maximum absolute atomic E-state index is 12.9. The highest BCUT2D eigenvalue weighted by Gasteiger charge is 2.58. The number of carbonyl (C=O) groups is 2. The number of ketones is 1. The minimum absolute atomic E-state index is 0.0384. The topological polar surface area (TPSA) is 102 Å². The molecule has 7 heteroatoms. The Bertz CT molecular complexity index is 728. The molecule has 7 nitrogen and oxygen atoms in total. The van der Waals surface area contributed by atoms with E-state index in [9.17, 15) is 19.8 Å². The van der Waals surface area contributed by atoms with Gasteiger partial charge in [0.05, 0.1) is 6.61 Å². The van der Waals surface area contributed by atoms with Crippen LogP contribution in [0.3, 0.4) is 0 Å². The molecule has 2 aliphatic heterocycles. The highest BCUT2D eigenvalue weighted by Crippen LogP contribution is 2.48. The van der Waals surface area contributed by atoms with Gasteiger partial charge in [0.1, 0.15) is 6.10 Å². The Morgan fingerprint density at radius 1 is 1.24 bits per heavy atom. The van der Waals surface area contributed by atoms with E-state index in [2.05, 4.69) is 0 Å². The number of aliphatic hydroxyl groups is 2. The summed E-state index contributed by atoms with van der Waals surface area (Å²) in [5.41, 5.74) is 1.11. The minimum Gasteiger partial charge on any atom is -0.505 e. The lowest BCUT2D eigenvalue weighted by Gasteiger charge is -2.41. The summed E-state index contributed by atoms with van der Waals surface area (Å²) in [5.74, 6) is -4.21. The first-order chi connectivity index (χ1) is 11.6. The summed E-state index contributed by atoms with van der Waals surface area (Å²) in [6.45, 7) is 7.58. The molecule has 2 heterocycles. The van der Waals surface area contributed by atoms with Gasteiger partial charge in [-0.2, -0.15) is 0 Å². The van der Waals surface area contributed by atoms with E-state index in [0.29, 0.717) is 12.0 Å². The van der Waals surface area contributed by atoms with Crippen molar-refractivity contribution < 1.29 is 34.0 Å². The average molecular weight is 350 g/mol. The summed E-state index contributed by atoms with van der Waals surface area (Å²) in [6.07, 6.45) is 2.05. The second-order valence-electron chi connectivity index (χ2n) is 7.21. The molecule has 136 valence electrons. The SMILES string of the molecule is C/C=C\C1=C(C)C(=O)C2(CC1(C)C)OCC([C@H]1OC(=O)C(O)=C1O)O2. The second kappa shape index (κ2) is 5.71. The summed E-state index contributed by atoms with van der Waals surface area (Å²) in [6, 6.07) is 0. The van der Waals surface area contributed by atoms with Crippen LogP contribution in [0.15, 0.2) is 34.8 Å². The maximum atomic E-state index is 12.9. The van der Waals surface area contributed by atoms with E-state index in [0.717, 1.165) is 5.57 Å². The molecule has 0 radical (unpaired) electrons. The lowest BCUT2D eigenvalue weighted by Crippen LogP contribution is -2.49. The van der Waals surface area contributed by atoms with Crippen molar-refractivity contribution in [2.75, 3.05) is 6.61 Å². The number of hydrogen-bond acceptors (Lipinski definition) is 7. The predicted octanol–water partition coefficient (Wildman–Crippen LogP) is 2.24. The van der Waals surface area contributed by atoms with Gasteiger partial charge in [0.25, 0.3) is 0 Å². The van der Waals surface area contributed by atoms with Crippen molar-refractivity contribution in [1.82, 2.24) is 0 Å². The Kier molecular flexibility index (Phi) is 4.04.